The van der Waals surface area contributed by atoms with Crippen molar-refractivity contribution in [2.45, 2.75) is 38.3 Å². The summed E-state index contributed by atoms with van der Waals surface area (Å²) < 4.78 is 31.2. The highest BCUT2D eigenvalue weighted by Gasteiger charge is 2.25. The number of nitrogens with zero attached hydrogens (tertiary/aromatic N) is 1. The van der Waals surface area contributed by atoms with Crippen molar-refractivity contribution in [1.29, 1.82) is 0 Å². The van der Waals surface area contributed by atoms with E-state index >= 15 is 0 Å². The van der Waals surface area contributed by atoms with Gasteiger partial charge in [-0.3, -0.25) is 0 Å². The molecule has 2 heterocycles. The van der Waals surface area contributed by atoms with E-state index in [9.17, 15) is 4.39 Å². The molecule has 1 unspecified atom stereocenters. The Morgan fingerprint density at radius 1 is 1.15 bits per heavy atom. The van der Waals surface area contributed by atoms with Gasteiger partial charge in [0.25, 0.3) is 0 Å². The number of rotatable bonds is 5. The highest BCUT2D eigenvalue weighted by Crippen LogP contribution is 2.38. The zero-order valence-electron chi connectivity index (χ0n) is 15.2. The van der Waals surface area contributed by atoms with Gasteiger partial charge in [0.05, 0.1) is 12.3 Å². The molecule has 27 heavy (non-hydrogen) atoms. The minimum absolute atomic E-state index is 0.271. The van der Waals surface area contributed by atoms with E-state index in [0.29, 0.717) is 12.4 Å². The van der Waals surface area contributed by atoms with Crippen LogP contribution in [0.1, 0.15) is 40.0 Å². The largest absolute Gasteiger partial charge is 0.460 e. The first kappa shape index (κ1) is 18.1. The molecule has 1 aliphatic heterocycles. The first-order valence-corrected chi connectivity index (χ1v) is 9.91. The van der Waals surface area contributed by atoms with Crippen LogP contribution in [0.2, 0.25) is 0 Å². The fraction of sp³-hybridized carbons (Fsp3) is 0.286. The van der Waals surface area contributed by atoms with E-state index in [1.165, 1.54) is 6.07 Å². The Morgan fingerprint density at radius 2 is 1.96 bits per heavy atom. The predicted octanol–water partition coefficient (Wildman–Crippen LogP) is 5.47. The molecule has 0 N–H and O–H groups in total. The summed E-state index contributed by atoms with van der Waals surface area (Å²) in [5, 5.41) is 3.98. The standard InChI is InChI=1S/C21H20FNO3S/c1-13-19(14(2)26-23-13)12-27-11-17-9-18(22)8-16-10-24-21(25-20(16)17)15-6-4-3-5-7-15/h3-9,21H,10-12H2,1-2H3. The molecule has 3 aromatic rings. The van der Waals surface area contributed by atoms with Crippen molar-refractivity contribution in [3.8, 4) is 5.75 Å². The van der Waals surface area contributed by atoms with Crippen molar-refractivity contribution < 1.29 is 18.4 Å². The number of aryl methyl sites for hydroxylation is 2. The number of hydrogen-bond acceptors (Lipinski definition) is 5. The second-order valence-corrected chi connectivity index (χ2v) is 7.51. The van der Waals surface area contributed by atoms with Gasteiger partial charge in [-0.25, -0.2) is 4.39 Å². The second-order valence-electron chi connectivity index (χ2n) is 6.52. The van der Waals surface area contributed by atoms with Crippen LogP contribution in [0, 0.1) is 19.7 Å². The Morgan fingerprint density at radius 3 is 2.70 bits per heavy atom. The molecule has 4 rings (SSSR count). The van der Waals surface area contributed by atoms with Gasteiger partial charge in [0, 0.05) is 33.8 Å². The molecule has 0 fully saturated rings. The highest BCUT2D eigenvalue weighted by atomic mass is 32.2. The van der Waals surface area contributed by atoms with Gasteiger partial charge in [-0.05, 0) is 26.0 Å². The molecule has 2 aromatic carbocycles. The molecule has 0 saturated heterocycles. The number of thioether (sulfide) groups is 1. The second kappa shape index (κ2) is 7.74. The molecule has 0 aliphatic carbocycles. The summed E-state index contributed by atoms with van der Waals surface area (Å²) in [4.78, 5) is 0. The number of ether oxygens (including phenoxy) is 2. The molecule has 6 heteroatoms. The first-order valence-electron chi connectivity index (χ1n) is 8.76. The van der Waals surface area contributed by atoms with Gasteiger partial charge in [0.1, 0.15) is 17.3 Å². The van der Waals surface area contributed by atoms with Crippen LogP contribution in [0.3, 0.4) is 0 Å². The van der Waals surface area contributed by atoms with Crippen molar-refractivity contribution in [3.63, 3.8) is 0 Å². The fourth-order valence-corrected chi connectivity index (χ4v) is 4.28. The quantitative estimate of drug-likeness (QED) is 0.583. The van der Waals surface area contributed by atoms with E-state index in [1.807, 2.05) is 44.2 Å². The van der Waals surface area contributed by atoms with Crippen LogP contribution < -0.4 is 4.74 Å². The van der Waals surface area contributed by atoms with Gasteiger partial charge in [-0.1, -0.05) is 35.5 Å². The summed E-state index contributed by atoms with van der Waals surface area (Å²) in [7, 11) is 0. The Balaban J connectivity index is 1.53. The van der Waals surface area contributed by atoms with E-state index in [-0.39, 0.29) is 5.82 Å². The van der Waals surface area contributed by atoms with Crippen molar-refractivity contribution >= 4 is 11.8 Å². The van der Waals surface area contributed by atoms with Gasteiger partial charge >= 0.3 is 0 Å². The molecule has 140 valence electrons. The van der Waals surface area contributed by atoms with Gasteiger partial charge in [0.15, 0.2) is 0 Å². The smallest absolute Gasteiger partial charge is 0.227 e. The summed E-state index contributed by atoms with van der Waals surface area (Å²) in [5.41, 5.74) is 4.52. The molecular weight excluding hydrogens is 365 g/mol. The summed E-state index contributed by atoms with van der Waals surface area (Å²) in [5.74, 6) is 2.67. The minimum Gasteiger partial charge on any atom is -0.460 e. The first-order chi connectivity index (χ1) is 13.1. The Bertz CT molecular complexity index is 923. The third kappa shape index (κ3) is 3.87. The lowest BCUT2D eigenvalue weighted by atomic mass is 10.1. The third-order valence-corrected chi connectivity index (χ3v) is 5.59. The number of hydrogen-bond donors (Lipinski definition) is 0. The Hall–Kier alpha value is -2.31. The molecule has 1 aliphatic rings. The van der Waals surface area contributed by atoms with Crippen LogP contribution in [0.15, 0.2) is 47.0 Å². The van der Waals surface area contributed by atoms with E-state index in [1.54, 1.807) is 17.8 Å². The van der Waals surface area contributed by atoms with E-state index in [4.69, 9.17) is 14.0 Å². The van der Waals surface area contributed by atoms with Crippen molar-refractivity contribution in [2.75, 3.05) is 0 Å². The fourth-order valence-electron chi connectivity index (χ4n) is 3.13. The molecule has 0 spiro atoms. The van der Waals surface area contributed by atoms with Gasteiger partial charge < -0.3 is 14.0 Å². The van der Waals surface area contributed by atoms with Crippen molar-refractivity contribution in [1.82, 2.24) is 5.16 Å². The van der Waals surface area contributed by atoms with Crippen LogP contribution in [0.5, 0.6) is 5.75 Å². The lowest BCUT2D eigenvalue weighted by molar-refractivity contribution is -0.112. The summed E-state index contributed by atoms with van der Waals surface area (Å²) in [6.07, 6.45) is -0.476. The van der Waals surface area contributed by atoms with Crippen LogP contribution in [-0.2, 0) is 22.8 Å². The maximum atomic E-state index is 14.1. The maximum absolute atomic E-state index is 14.1. The Kier molecular flexibility index (Phi) is 5.18. The molecule has 0 bridgehead atoms. The zero-order chi connectivity index (χ0) is 18.8. The third-order valence-electron chi connectivity index (χ3n) is 4.58. The van der Waals surface area contributed by atoms with E-state index < -0.39 is 6.29 Å². The van der Waals surface area contributed by atoms with Crippen LogP contribution in [0.25, 0.3) is 0 Å². The average Bonchev–Trinajstić information content (AvgIpc) is 3.00. The molecule has 0 saturated carbocycles. The van der Waals surface area contributed by atoms with Gasteiger partial charge in [-0.2, -0.15) is 11.8 Å². The predicted molar refractivity (Wildman–Crippen MR) is 102 cm³/mol. The topological polar surface area (TPSA) is 44.5 Å². The molecule has 0 radical (unpaired) electrons. The molecule has 1 aromatic heterocycles. The normalized spacial score (nSPS) is 16.0. The molecular formula is C21H20FNO3S. The molecule has 4 nitrogen and oxygen atoms in total. The number of aromatic nitrogens is 1. The average molecular weight is 385 g/mol. The van der Waals surface area contributed by atoms with Crippen LogP contribution in [-0.4, -0.2) is 5.16 Å². The Labute approximate surface area is 161 Å². The van der Waals surface area contributed by atoms with E-state index in [2.05, 4.69) is 5.16 Å². The minimum atomic E-state index is -0.476. The zero-order valence-corrected chi connectivity index (χ0v) is 16.0. The lowest BCUT2D eigenvalue weighted by Gasteiger charge is -2.28. The molecule has 1 atom stereocenters. The van der Waals surface area contributed by atoms with Gasteiger partial charge in [0.2, 0.25) is 6.29 Å². The van der Waals surface area contributed by atoms with Crippen LogP contribution in [0.4, 0.5) is 4.39 Å². The number of fused-ring (bicyclic) bond motifs is 1. The van der Waals surface area contributed by atoms with Gasteiger partial charge in [-0.15, -0.1) is 0 Å². The van der Waals surface area contributed by atoms with Crippen molar-refractivity contribution in [2.24, 2.45) is 0 Å². The SMILES string of the molecule is Cc1noc(C)c1CSCc1cc(F)cc2c1OC(c1ccccc1)OC2. The van der Waals surface area contributed by atoms with Crippen LogP contribution >= 0.6 is 11.8 Å². The summed E-state index contributed by atoms with van der Waals surface area (Å²) in [6, 6.07) is 12.8. The number of halogens is 1. The van der Waals surface area contributed by atoms with Crippen molar-refractivity contribution in [3.05, 3.63) is 82.0 Å². The maximum Gasteiger partial charge on any atom is 0.227 e. The monoisotopic (exact) mass is 385 g/mol. The summed E-state index contributed by atoms with van der Waals surface area (Å²) in [6.45, 7) is 4.17. The highest BCUT2D eigenvalue weighted by molar-refractivity contribution is 7.97. The number of benzene rings is 2. The lowest BCUT2D eigenvalue weighted by Crippen LogP contribution is -2.19. The molecule has 0 amide bonds. The van der Waals surface area contributed by atoms with E-state index in [0.717, 1.165) is 45.2 Å². The summed E-state index contributed by atoms with van der Waals surface area (Å²) >= 11 is 1.68.